The lowest BCUT2D eigenvalue weighted by molar-refractivity contribution is 0.669. The average molecular weight is 335 g/mol. The monoisotopic (exact) mass is 335 g/mol. The number of benzene rings is 4. The molecule has 0 saturated carbocycles. The van der Waals surface area contributed by atoms with Gasteiger partial charge < -0.3 is 9.73 Å². The summed E-state index contributed by atoms with van der Waals surface area (Å²) in [5.74, 6) is 0. The van der Waals surface area contributed by atoms with E-state index in [0.29, 0.717) is 0 Å². The largest absolute Gasteiger partial charge is 0.456 e. The maximum atomic E-state index is 6.02. The summed E-state index contributed by atoms with van der Waals surface area (Å²) in [6.07, 6.45) is 0. The van der Waals surface area contributed by atoms with Gasteiger partial charge in [-0.3, -0.25) is 0 Å². The summed E-state index contributed by atoms with van der Waals surface area (Å²) in [4.78, 5) is 0. The van der Waals surface area contributed by atoms with Gasteiger partial charge in [-0.2, -0.15) is 0 Å². The highest BCUT2D eigenvalue weighted by molar-refractivity contribution is 6.07. The third kappa shape index (κ3) is 2.62. The van der Waals surface area contributed by atoms with Crippen LogP contribution in [0.15, 0.2) is 101 Å². The molecule has 1 N–H and O–H groups in total. The number of hydrogen-bond donors (Lipinski definition) is 1. The zero-order chi connectivity index (χ0) is 17.3. The molecule has 2 heteroatoms. The van der Waals surface area contributed by atoms with Crippen LogP contribution in [0.4, 0.5) is 11.4 Å². The van der Waals surface area contributed by atoms with E-state index in [0.717, 1.165) is 33.3 Å². The van der Waals surface area contributed by atoms with E-state index in [4.69, 9.17) is 4.42 Å². The molecule has 5 rings (SSSR count). The molecule has 124 valence electrons. The Kier molecular flexibility index (Phi) is 3.46. The lowest BCUT2D eigenvalue weighted by atomic mass is 10.0. The number of hydrogen-bond acceptors (Lipinski definition) is 2. The Morgan fingerprint density at radius 2 is 1.15 bits per heavy atom. The van der Waals surface area contributed by atoms with Crippen LogP contribution in [0.1, 0.15) is 0 Å². The van der Waals surface area contributed by atoms with Gasteiger partial charge >= 0.3 is 0 Å². The van der Waals surface area contributed by atoms with E-state index in [1.165, 1.54) is 11.1 Å². The van der Waals surface area contributed by atoms with Crippen LogP contribution in [0.5, 0.6) is 0 Å². The van der Waals surface area contributed by atoms with E-state index in [2.05, 4.69) is 72.0 Å². The van der Waals surface area contributed by atoms with Crippen LogP contribution >= 0.6 is 0 Å². The Bertz CT molecular complexity index is 1190. The van der Waals surface area contributed by atoms with Gasteiger partial charge in [0, 0.05) is 22.1 Å². The second-order valence-corrected chi connectivity index (χ2v) is 6.38. The predicted octanol–water partition coefficient (Wildman–Crippen LogP) is 7.00. The number of furan rings is 1. The Hall–Kier alpha value is -3.52. The average Bonchev–Trinajstić information content (AvgIpc) is 3.07. The van der Waals surface area contributed by atoms with Crippen molar-refractivity contribution in [2.24, 2.45) is 0 Å². The Labute approximate surface area is 151 Å². The molecule has 0 spiro atoms. The number of fused-ring (bicyclic) bond motifs is 3. The van der Waals surface area contributed by atoms with Crippen molar-refractivity contribution in [2.45, 2.75) is 0 Å². The Balaban J connectivity index is 1.63. The third-order valence-electron chi connectivity index (χ3n) is 4.64. The minimum atomic E-state index is 0.906. The van der Waals surface area contributed by atoms with Gasteiger partial charge in [0.25, 0.3) is 0 Å². The first-order valence-electron chi connectivity index (χ1n) is 8.71. The quantitative estimate of drug-likeness (QED) is 0.384. The van der Waals surface area contributed by atoms with Crippen LogP contribution in [-0.2, 0) is 0 Å². The highest BCUT2D eigenvalue weighted by Crippen LogP contribution is 2.34. The molecule has 0 fully saturated rings. The molecule has 1 aromatic heterocycles. The normalized spacial score (nSPS) is 11.1. The molecule has 0 bridgehead atoms. The minimum absolute atomic E-state index is 0.906. The van der Waals surface area contributed by atoms with Crippen molar-refractivity contribution in [2.75, 3.05) is 5.32 Å². The summed E-state index contributed by atoms with van der Waals surface area (Å²) < 4.78 is 6.02. The van der Waals surface area contributed by atoms with Gasteiger partial charge in [-0.05, 0) is 53.6 Å². The summed E-state index contributed by atoms with van der Waals surface area (Å²) in [7, 11) is 0. The lowest BCUT2D eigenvalue weighted by Gasteiger charge is -2.06. The van der Waals surface area contributed by atoms with Crippen LogP contribution in [-0.4, -0.2) is 0 Å². The van der Waals surface area contributed by atoms with E-state index in [1.807, 2.05) is 30.3 Å². The summed E-state index contributed by atoms with van der Waals surface area (Å²) in [6.45, 7) is 0. The predicted molar refractivity (Wildman–Crippen MR) is 109 cm³/mol. The molecule has 4 aromatic carbocycles. The van der Waals surface area contributed by atoms with Crippen LogP contribution in [0, 0.1) is 0 Å². The maximum absolute atomic E-state index is 6.02. The van der Waals surface area contributed by atoms with Gasteiger partial charge in [0.15, 0.2) is 0 Å². The van der Waals surface area contributed by atoms with Crippen LogP contribution in [0.3, 0.4) is 0 Å². The third-order valence-corrected chi connectivity index (χ3v) is 4.64. The maximum Gasteiger partial charge on any atom is 0.135 e. The molecule has 0 saturated heterocycles. The van der Waals surface area contributed by atoms with Crippen LogP contribution < -0.4 is 5.32 Å². The first-order chi connectivity index (χ1) is 12.9. The molecule has 0 radical (unpaired) electrons. The highest BCUT2D eigenvalue weighted by atomic mass is 16.3. The number of rotatable bonds is 3. The molecule has 1 heterocycles. The van der Waals surface area contributed by atoms with E-state index in [-0.39, 0.29) is 0 Å². The number of nitrogens with one attached hydrogen (secondary N) is 1. The van der Waals surface area contributed by atoms with Crippen molar-refractivity contribution in [3.63, 3.8) is 0 Å². The molecule has 0 amide bonds. The van der Waals surface area contributed by atoms with Gasteiger partial charge in [0.1, 0.15) is 11.2 Å². The molecule has 0 aliphatic rings. The molecular formula is C24H17NO. The van der Waals surface area contributed by atoms with E-state index in [1.54, 1.807) is 0 Å². The number of anilines is 2. The van der Waals surface area contributed by atoms with Crippen molar-refractivity contribution in [1.82, 2.24) is 0 Å². The topological polar surface area (TPSA) is 25.2 Å². The van der Waals surface area contributed by atoms with E-state index in [9.17, 15) is 0 Å². The fourth-order valence-electron chi connectivity index (χ4n) is 3.35. The van der Waals surface area contributed by atoms with E-state index < -0.39 is 0 Å². The Morgan fingerprint density at radius 3 is 1.92 bits per heavy atom. The fourth-order valence-corrected chi connectivity index (χ4v) is 3.35. The summed E-state index contributed by atoms with van der Waals surface area (Å²) in [5.41, 5.74) is 6.35. The van der Waals surface area contributed by atoms with Gasteiger partial charge in [-0.15, -0.1) is 0 Å². The number of para-hydroxylation sites is 1. The molecule has 5 aromatic rings. The summed E-state index contributed by atoms with van der Waals surface area (Å²) in [6, 6.07) is 33.2. The highest BCUT2D eigenvalue weighted by Gasteiger charge is 2.09. The van der Waals surface area contributed by atoms with Crippen molar-refractivity contribution in [3.05, 3.63) is 97.1 Å². The summed E-state index contributed by atoms with van der Waals surface area (Å²) in [5, 5.41) is 5.72. The first kappa shape index (κ1) is 14.8. The first-order valence-corrected chi connectivity index (χ1v) is 8.71. The van der Waals surface area contributed by atoms with E-state index >= 15 is 0 Å². The minimum Gasteiger partial charge on any atom is -0.456 e. The second-order valence-electron chi connectivity index (χ2n) is 6.38. The zero-order valence-electron chi connectivity index (χ0n) is 14.1. The molecule has 0 atom stereocenters. The molecule has 2 nitrogen and oxygen atoms in total. The van der Waals surface area contributed by atoms with Gasteiger partial charge in [-0.1, -0.05) is 54.6 Å². The molecule has 0 unspecified atom stereocenters. The van der Waals surface area contributed by atoms with Gasteiger partial charge in [0.05, 0.1) is 0 Å². The Morgan fingerprint density at radius 1 is 0.500 bits per heavy atom. The van der Waals surface area contributed by atoms with Crippen molar-refractivity contribution < 1.29 is 4.42 Å². The van der Waals surface area contributed by atoms with Crippen LogP contribution in [0.2, 0.25) is 0 Å². The summed E-state index contributed by atoms with van der Waals surface area (Å²) >= 11 is 0. The second kappa shape index (κ2) is 6.08. The molecule has 26 heavy (non-hydrogen) atoms. The lowest BCUT2D eigenvalue weighted by Crippen LogP contribution is -1.88. The molecular weight excluding hydrogens is 318 g/mol. The zero-order valence-corrected chi connectivity index (χ0v) is 14.1. The van der Waals surface area contributed by atoms with Crippen molar-refractivity contribution in [3.8, 4) is 11.1 Å². The van der Waals surface area contributed by atoms with Crippen LogP contribution in [0.25, 0.3) is 33.1 Å². The molecule has 0 aliphatic heterocycles. The SMILES string of the molecule is c1ccc(Nc2ccc3oc4ccc(-c5ccccc5)cc4c3c2)cc1. The standard InChI is InChI=1S/C24H17NO/c1-3-7-17(8-4-1)18-11-13-23-21(15-18)22-16-20(12-14-24(22)26-23)25-19-9-5-2-6-10-19/h1-16,25H. The smallest absolute Gasteiger partial charge is 0.135 e. The molecule has 0 aliphatic carbocycles. The van der Waals surface area contributed by atoms with Gasteiger partial charge in [-0.25, -0.2) is 0 Å². The fraction of sp³-hybridized carbons (Fsp3) is 0. The van der Waals surface area contributed by atoms with Gasteiger partial charge in [0.2, 0.25) is 0 Å². The van der Waals surface area contributed by atoms with Crippen molar-refractivity contribution >= 4 is 33.3 Å². The van der Waals surface area contributed by atoms with Crippen molar-refractivity contribution in [1.29, 1.82) is 0 Å².